The molecule has 0 aliphatic rings. The lowest BCUT2D eigenvalue weighted by Crippen LogP contribution is -2.11. The summed E-state index contributed by atoms with van der Waals surface area (Å²) in [5.41, 5.74) is 0. The van der Waals surface area contributed by atoms with Crippen LogP contribution in [0.15, 0.2) is 0 Å². The van der Waals surface area contributed by atoms with Crippen LogP contribution >= 0.6 is 0 Å². The van der Waals surface area contributed by atoms with Gasteiger partial charge in [0.1, 0.15) is 0 Å². The minimum Gasteiger partial charge on any atom is -0.466 e. The van der Waals surface area contributed by atoms with Crippen LogP contribution < -0.4 is 0 Å². The second-order valence-corrected chi connectivity index (χ2v) is 9.46. The van der Waals surface area contributed by atoms with Crippen molar-refractivity contribution < 1.29 is 23.7 Å². The molecule has 0 saturated heterocycles. The fourth-order valence-corrected chi connectivity index (χ4v) is 3.87. The maximum Gasteiger partial charge on any atom is 0.305 e. The molecule has 0 unspecified atom stereocenters. The average Bonchev–Trinajstić information content (AvgIpc) is 2.84. The van der Waals surface area contributed by atoms with Crippen molar-refractivity contribution in [3.05, 3.63) is 0 Å². The molecule has 0 saturated carbocycles. The molecule has 0 rings (SSSR count). The van der Waals surface area contributed by atoms with Crippen molar-refractivity contribution in [1.82, 2.24) is 0 Å². The first kappa shape index (κ1) is 33.4. The van der Waals surface area contributed by atoms with E-state index in [1.807, 2.05) is 0 Å². The Balaban J connectivity index is 3.14. The van der Waals surface area contributed by atoms with E-state index in [2.05, 4.69) is 13.8 Å². The summed E-state index contributed by atoms with van der Waals surface area (Å²) < 4.78 is 21.8. The summed E-state index contributed by atoms with van der Waals surface area (Å²) in [5.74, 6) is -0.102. The molecule has 0 aliphatic heterocycles. The van der Waals surface area contributed by atoms with E-state index in [0.717, 1.165) is 25.9 Å². The zero-order valence-corrected chi connectivity index (χ0v) is 22.9. The summed E-state index contributed by atoms with van der Waals surface area (Å²) >= 11 is 0. The molecule has 0 amide bonds. The fourth-order valence-electron chi connectivity index (χ4n) is 3.87. The molecule has 0 fully saturated rings. The molecule has 0 bridgehead atoms. The molecule has 0 heterocycles. The minimum atomic E-state index is -0.102. The van der Waals surface area contributed by atoms with Crippen LogP contribution in [-0.2, 0) is 23.7 Å². The number of unbranched alkanes of at least 4 members (excludes halogenated alkanes) is 15. The Morgan fingerprint density at radius 2 is 0.765 bits per heavy atom. The number of carbonyl (C=O) groups excluding carboxylic acids is 1. The number of rotatable bonds is 29. The zero-order chi connectivity index (χ0) is 24.8. The van der Waals surface area contributed by atoms with Gasteiger partial charge in [0, 0.05) is 19.6 Å². The van der Waals surface area contributed by atoms with Crippen molar-refractivity contribution in [3.8, 4) is 0 Å². The number of ether oxygens (including phenoxy) is 4. The lowest BCUT2D eigenvalue weighted by Gasteiger charge is -2.07. The van der Waals surface area contributed by atoms with Gasteiger partial charge in [-0.25, -0.2) is 0 Å². The molecule has 0 N–H and O–H groups in total. The van der Waals surface area contributed by atoms with Crippen LogP contribution in [-0.4, -0.2) is 52.2 Å². The quantitative estimate of drug-likeness (QED) is 0.0791. The van der Waals surface area contributed by atoms with E-state index in [9.17, 15) is 4.79 Å². The van der Waals surface area contributed by atoms with Gasteiger partial charge in [-0.05, 0) is 19.3 Å². The molecule has 0 aromatic carbocycles. The summed E-state index contributed by atoms with van der Waals surface area (Å²) in [4.78, 5) is 11.8. The van der Waals surface area contributed by atoms with Crippen molar-refractivity contribution in [1.29, 1.82) is 0 Å². The van der Waals surface area contributed by atoms with Crippen LogP contribution in [0.1, 0.15) is 136 Å². The largest absolute Gasteiger partial charge is 0.466 e. The molecule has 5 nitrogen and oxygen atoms in total. The highest BCUT2D eigenvalue weighted by Crippen LogP contribution is 2.13. The molecule has 204 valence electrons. The molecule has 0 spiro atoms. The van der Waals surface area contributed by atoms with E-state index in [4.69, 9.17) is 18.9 Å². The van der Waals surface area contributed by atoms with Crippen LogP contribution in [0.2, 0.25) is 0 Å². The highest BCUT2D eigenvalue weighted by molar-refractivity contribution is 5.69. The zero-order valence-electron chi connectivity index (χ0n) is 22.9. The maximum atomic E-state index is 11.8. The van der Waals surface area contributed by atoms with Gasteiger partial charge in [0.2, 0.25) is 0 Å². The third-order valence-corrected chi connectivity index (χ3v) is 6.07. The fraction of sp³-hybridized carbons (Fsp3) is 0.966. The van der Waals surface area contributed by atoms with Gasteiger partial charge in [-0.1, -0.05) is 110 Å². The molecule has 0 aromatic heterocycles. The second kappa shape index (κ2) is 30.4. The molecule has 0 aromatic rings. The summed E-state index contributed by atoms with van der Waals surface area (Å²) in [5, 5.41) is 0. The standard InChI is InChI=1S/C29H58O5/c1-3-5-7-8-9-10-11-12-13-14-15-16-17-19-24-34-29(30)21-20-23-32-26-28-33-27-25-31-22-18-6-4-2/h3-28H2,1-2H3. The normalized spacial score (nSPS) is 11.2. The van der Waals surface area contributed by atoms with Crippen molar-refractivity contribution >= 4 is 5.97 Å². The number of carbonyl (C=O) groups is 1. The summed E-state index contributed by atoms with van der Waals surface area (Å²) in [7, 11) is 0. The first-order valence-electron chi connectivity index (χ1n) is 14.7. The van der Waals surface area contributed by atoms with Gasteiger partial charge in [0.15, 0.2) is 0 Å². The summed E-state index contributed by atoms with van der Waals surface area (Å²) in [6.45, 7) is 8.81. The van der Waals surface area contributed by atoms with E-state index < -0.39 is 0 Å². The third-order valence-electron chi connectivity index (χ3n) is 6.07. The van der Waals surface area contributed by atoms with Crippen LogP contribution in [0.5, 0.6) is 0 Å². The SMILES string of the molecule is CCCCCCCCCCCCCCCCOC(=O)CCCOCCOCCOCCCCC. The molecular weight excluding hydrogens is 428 g/mol. The van der Waals surface area contributed by atoms with Crippen molar-refractivity contribution in [2.24, 2.45) is 0 Å². The lowest BCUT2D eigenvalue weighted by molar-refractivity contribution is -0.144. The van der Waals surface area contributed by atoms with Crippen molar-refractivity contribution in [2.45, 2.75) is 136 Å². The molecule has 34 heavy (non-hydrogen) atoms. The van der Waals surface area contributed by atoms with E-state index in [1.54, 1.807) is 0 Å². The van der Waals surface area contributed by atoms with Crippen LogP contribution in [0.3, 0.4) is 0 Å². The first-order valence-corrected chi connectivity index (χ1v) is 14.7. The molecule has 0 aliphatic carbocycles. The van der Waals surface area contributed by atoms with Gasteiger partial charge in [-0.2, -0.15) is 0 Å². The Hall–Kier alpha value is -0.650. The number of hydrogen-bond donors (Lipinski definition) is 0. The van der Waals surface area contributed by atoms with Crippen LogP contribution in [0.4, 0.5) is 0 Å². The molecule has 0 atom stereocenters. The second-order valence-electron chi connectivity index (χ2n) is 9.46. The Kier molecular flexibility index (Phi) is 29.8. The summed E-state index contributed by atoms with van der Waals surface area (Å²) in [6, 6.07) is 0. The van der Waals surface area contributed by atoms with E-state index >= 15 is 0 Å². The Bertz CT molecular complexity index is 389. The van der Waals surface area contributed by atoms with E-state index in [-0.39, 0.29) is 5.97 Å². The van der Waals surface area contributed by atoms with Gasteiger partial charge in [-0.3, -0.25) is 4.79 Å². The van der Waals surface area contributed by atoms with Crippen LogP contribution in [0, 0.1) is 0 Å². The van der Waals surface area contributed by atoms with Gasteiger partial charge in [-0.15, -0.1) is 0 Å². The highest BCUT2D eigenvalue weighted by Gasteiger charge is 2.02. The van der Waals surface area contributed by atoms with Gasteiger partial charge in [0.05, 0.1) is 33.0 Å². The van der Waals surface area contributed by atoms with Crippen molar-refractivity contribution in [2.75, 3.05) is 46.2 Å². The van der Waals surface area contributed by atoms with Gasteiger partial charge >= 0.3 is 5.97 Å². The minimum absolute atomic E-state index is 0.102. The van der Waals surface area contributed by atoms with E-state index in [1.165, 1.54) is 89.9 Å². The molecule has 5 heteroatoms. The Morgan fingerprint density at radius 1 is 0.412 bits per heavy atom. The van der Waals surface area contributed by atoms with Gasteiger partial charge < -0.3 is 18.9 Å². The molecule has 0 radical (unpaired) electrons. The topological polar surface area (TPSA) is 54.0 Å². The van der Waals surface area contributed by atoms with Gasteiger partial charge in [0.25, 0.3) is 0 Å². The Labute approximate surface area is 212 Å². The van der Waals surface area contributed by atoms with Crippen LogP contribution in [0.25, 0.3) is 0 Å². The summed E-state index contributed by atoms with van der Waals surface area (Å²) in [6.07, 6.45) is 23.4. The highest BCUT2D eigenvalue weighted by atomic mass is 16.5. The monoisotopic (exact) mass is 486 g/mol. The molecular formula is C29H58O5. The average molecular weight is 487 g/mol. The Morgan fingerprint density at radius 3 is 1.26 bits per heavy atom. The number of hydrogen-bond acceptors (Lipinski definition) is 5. The maximum absolute atomic E-state index is 11.8. The predicted molar refractivity (Wildman–Crippen MR) is 142 cm³/mol. The van der Waals surface area contributed by atoms with E-state index in [0.29, 0.717) is 52.5 Å². The first-order chi connectivity index (χ1) is 16.8. The number of esters is 1. The third kappa shape index (κ3) is 29.4. The smallest absolute Gasteiger partial charge is 0.305 e. The lowest BCUT2D eigenvalue weighted by atomic mass is 10.0. The predicted octanol–water partition coefficient (Wildman–Crippen LogP) is 8.03. The van der Waals surface area contributed by atoms with Crippen molar-refractivity contribution in [3.63, 3.8) is 0 Å².